The van der Waals surface area contributed by atoms with E-state index in [9.17, 15) is 0 Å². The summed E-state index contributed by atoms with van der Waals surface area (Å²) in [5.74, 6) is 0. The average molecular weight is 142 g/mol. The summed E-state index contributed by atoms with van der Waals surface area (Å²) in [5.41, 5.74) is 0.114. The van der Waals surface area contributed by atoms with E-state index in [4.69, 9.17) is 9.47 Å². The molecule has 0 aromatic heterocycles. The van der Waals surface area contributed by atoms with Gasteiger partial charge in [0.15, 0.2) is 6.29 Å². The van der Waals surface area contributed by atoms with Crippen LogP contribution in [0.4, 0.5) is 0 Å². The van der Waals surface area contributed by atoms with Crippen LogP contribution in [0.2, 0.25) is 0 Å². The molecule has 0 spiro atoms. The van der Waals surface area contributed by atoms with Crippen molar-refractivity contribution in [1.29, 1.82) is 0 Å². The van der Waals surface area contributed by atoms with E-state index in [0.29, 0.717) is 0 Å². The molecule has 0 radical (unpaired) electrons. The lowest BCUT2D eigenvalue weighted by atomic mass is 9.93. The van der Waals surface area contributed by atoms with Gasteiger partial charge in [0, 0.05) is 0 Å². The molecule has 2 saturated heterocycles. The first kappa shape index (κ1) is 6.62. The van der Waals surface area contributed by atoms with Gasteiger partial charge in [0.2, 0.25) is 0 Å². The van der Waals surface area contributed by atoms with E-state index in [2.05, 4.69) is 6.92 Å². The Labute approximate surface area is 61.5 Å². The molecule has 2 unspecified atom stereocenters. The van der Waals surface area contributed by atoms with Crippen LogP contribution in [0.3, 0.4) is 0 Å². The highest BCUT2D eigenvalue weighted by molar-refractivity contribution is 4.87. The van der Waals surface area contributed by atoms with Crippen molar-refractivity contribution in [1.82, 2.24) is 0 Å². The van der Waals surface area contributed by atoms with Crippen LogP contribution in [0.15, 0.2) is 0 Å². The molecular weight excluding hydrogens is 128 g/mol. The average Bonchev–Trinajstić information content (AvgIpc) is 2.29. The first-order chi connectivity index (χ1) is 4.85. The molecule has 0 amide bonds. The Bertz CT molecular complexity index is 131. The van der Waals surface area contributed by atoms with Crippen LogP contribution >= 0.6 is 0 Å². The highest BCUT2D eigenvalue weighted by Gasteiger charge is 2.42. The standard InChI is InChI=1S/C8H14O2/c1-2-8-5-3-4-7(10-8)9-6-8/h7H,2-6H2,1H3. The van der Waals surface area contributed by atoms with Crippen LogP contribution in [0.25, 0.3) is 0 Å². The second-order valence-electron chi connectivity index (χ2n) is 3.29. The predicted molar refractivity (Wildman–Crippen MR) is 37.7 cm³/mol. The number of rotatable bonds is 1. The molecular formula is C8H14O2. The summed E-state index contributed by atoms with van der Waals surface area (Å²) in [4.78, 5) is 0. The summed E-state index contributed by atoms with van der Waals surface area (Å²) < 4.78 is 11.2. The largest absolute Gasteiger partial charge is 0.350 e. The molecule has 2 heteroatoms. The van der Waals surface area contributed by atoms with Crippen LogP contribution < -0.4 is 0 Å². The van der Waals surface area contributed by atoms with Crippen molar-refractivity contribution < 1.29 is 9.47 Å². The molecule has 2 aliphatic rings. The number of fused-ring (bicyclic) bond motifs is 2. The Balaban J connectivity index is 2.10. The van der Waals surface area contributed by atoms with E-state index in [-0.39, 0.29) is 11.9 Å². The fourth-order valence-electron chi connectivity index (χ4n) is 1.82. The third-order valence-corrected chi connectivity index (χ3v) is 2.63. The molecule has 2 nitrogen and oxygen atoms in total. The second-order valence-corrected chi connectivity index (χ2v) is 3.29. The van der Waals surface area contributed by atoms with Crippen LogP contribution in [0, 0.1) is 0 Å². The molecule has 58 valence electrons. The maximum atomic E-state index is 5.71. The monoisotopic (exact) mass is 142 g/mol. The van der Waals surface area contributed by atoms with Crippen LogP contribution in [-0.2, 0) is 9.47 Å². The lowest BCUT2D eigenvalue weighted by molar-refractivity contribution is -0.120. The fraction of sp³-hybridized carbons (Fsp3) is 1.00. The van der Waals surface area contributed by atoms with E-state index in [1.165, 1.54) is 12.8 Å². The van der Waals surface area contributed by atoms with Gasteiger partial charge in [0.1, 0.15) is 0 Å². The lowest BCUT2D eigenvalue weighted by Crippen LogP contribution is -2.34. The zero-order chi connectivity index (χ0) is 7.03. The molecule has 2 atom stereocenters. The maximum absolute atomic E-state index is 5.71. The third-order valence-electron chi connectivity index (χ3n) is 2.63. The maximum Gasteiger partial charge on any atom is 0.158 e. The second kappa shape index (κ2) is 2.21. The molecule has 2 rings (SSSR count). The molecule has 2 heterocycles. The molecule has 2 bridgehead atoms. The van der Waals surface area contributed by atoms with Gasteiger partial charge >= 0.3 is 0 Å². The smallest absolute Gasteiger partial charge is 0.158 e. The molecule has 0 saturated carbocycles. The number of hydrogen-bond donors (Lipinski definition) is 0. The summed E-state index contributed by atoms with van der Waals surface area (Å²) >= 11 is 0. The van der Waals surface area contributed by atoms with Gasteiger partial charge in [-0.05, 0) is 25.7 Å². The molecule has 2 fully saturated rings. The van der Waals surface area contributed by atoms with Crippen LogP contribution in [0.1, 0.15) is 32.6 Å². The Kier molecular flexibility index (Phi) is 1.46. The predicted octanol–water partition coefficient (Wildman–Crippen LogP) is 1.69. The summed E-state index contributed by atoms with van der Waals surface area (Å²) in [6.45, 7) is 3.01. The lowest BCUT2D eigenvalue weighted by Gasteiger charge is -2.29. The summed E-state index contributed by atoms with van der Waals surface area (Å²) in [6.07, 6.45) is 4.80. The van der Waals surface area contributed by atoms with Gasteiger partial charge < -0.3 is 9.47 Å². The fourth-order valence-corrected chi connectivity index (χ4v) is 1.82. The molecule has 0 aromatic carbocycles. The van der Waals surface area contributed by atoms with Crippen molar-refractivity contribution in [2.75, 3.05) is 6.61 Å². The van der Waals surface area contributed by atoms with Crippen molar-refractivity contribution in [3.63, 3.8) is 0 Å². The van der Waals surface area contributed by atoms with Gasteiger partial charge in [-0.1, -0.05) is 6.92 Å². The van der Waals surface area contributed by atoms with Gasteiger partial charge in [0.25, 0.3) is 0 Å². The van der Waals surface area contributed by atoms with Gasteiger partial charge in [0.05, 0.1) is 12.2 Å². The third kappa shape index (κ3) is 0.867. The van der Waals surface area contributed by atoms with Gasteiger partial charge in [-0.25, -0.2) is 0 Å². The molecule has 0 aromatic rings. The minimum atomic E-state index is 0.114. The highest BCUT2D eigenvalue weighted by Crippen LogP contribution is 2.37. The van der Waals surface area contributed by atoms with Crippen molar-refractivity contribution >= 4 is 0 Å². The number of ether oxygens (including phenoxy) is 2. The first-order valence-corrected chi connectivity index (χ1v) is 4.14. The van der Waals surface area contributed by atoms with Crippen LogP contribution in [-0.4, -0.2) is 18.5 Å². The molecule has 0 aliphatic carbocycles. The molecule has 2 aliphatic heterocycles. The quantitative estimate of drug-likeness (QED) is 0.554. The Hall–Kier alpha value is -0.0800. The Morgan fingerprint density at radius 1 is 1.60 bits per heavy atom. The topological polar surface area (TPSA) is 18.5 Å². The molecule has 10 heavy (non-hydrogen) atoms. The summed E-state index contributed by atoms with van der Waals surface area (Å²) in [6, 6.07) is 0. The van der Waals surface area contributed by atoms with Crippen molar-refractivity contribution in [2.45, 2.75) is 44.5 Å². The van der Waals surface area contributed by atoms with Crippen molar-refractivity contribution in [2.24, 2.45) is 0 Å². The Morgan fingerprint density at radius 3 is 3.20 bits per heavy atom. The highest BCUT2D eigenvalue weighted by atomic mass is 16.7. The summed E-state index contributed by atoms with van der Waals surface area (Å²) in [5, 5.41) is 0. The van der Waals surface area contributed by atoms with E-state index < -0.39 is 0 Å². The van der Waals surface area contributed by atoms with E-state index in [1.54, 1.807) is 0 Å². The van der Waals surface area contributed by atoms with Crippen molar-refractivity contribution in [3.8, 4) is 0 Å². The zero-order valence-electron chi connectivity index (χ0n) is 6.43. The molecule has 0 N–H and O–H groups in total. The first-order valence-electron chi connectivity index (χ1n) is 4.14. The van der Waals surface area contributed by atoms with Gasteiger partial charge in [-0.3, -0.25) is 0 Å². The van der Waals surface area contributed by atoms with Gasteiger partial charge in [-0.15, -0.1) is 0 Å². The Morgan fingerprint density at radius 2 is 2.50 bits per heavy atom. The summed E-state index contributed by atoms with van der Waals surface area (Å²) in [7, 11) is 0. The van der Waals surface area contributed by atoms with E-state index >= 15 is 0 Å². The minimum Gasteiger partial charge on any atom is -0.350 e. The van der Waals surface area contributed by atoms with E-state index in [1.807, 2.05) is 0 Å². The van der Waals surface area contributed by atoms with Crippen LogP contribution in [0.5, 0.6) is 0 Å². The van der Waals surface area contributed by atoms with Gasteiger partial charge in [-0.2, -0.15) is 0 Å². The normalized spacial score (nSPS) is 45.9. The van der Waals surface area contributed by atoms with E-state index in [0.717, 1.165) is 19.4 Å². The van der Waals surface area contributed by atoms with Crippen molar-refractivity contribution in [3.05, 3.63) is 0 Å². The number of hydrogen-bond acceptors (Lipinski definition) is 2. The minimum absolute atomic E-state index is 0.114. The zero-order valence-corrected chi connectivity index (χ0v) is 6.43. The SMILES string of the molecule is CCC12CCCC(OC1)O2.